The molecule has 1 unspecified atom stereocenters. The SMILES string of the molecule is CC.Cn1nc(C(F)(F)P)cc1C1CCCC1. The number of rotatable bonds is 2. The van der Waals surface area contributed by atoms with E-state index in [0.717, 1.165) is 18.5 Å². The molecule has 2 rings (SSSR count). The van der Waals surface area contributed by atoms with E-state index < -0.39 is 5.66 Å². The van der Waals surface area contributed by atoms with Crippen LogP contribution in [0.5, 0.6) is 0 Å². The van der Waals surface area contributed by atoms with Gasteiger partial charge in [0.2, 0.25) is 0 Å². The van der Waals surface area contributed by atoms with Gasteiger partial charge in [0.1, 0.15) is 5.69 Å². The third kappa shape index (κ3) is 3.48. The molecular weight excluding hydrogens is 241 g/mol. The Kier molecular flexibility index (Phi) is 5.05. The molecule has 5 heteroatoms. The van der Waals surface area contributed by atoms with Crippen molar-refractivity contribution in [2.75, 3.05) is 0 Å². The van der Waals surface area contributed by atoms with E-state index >= 15 is 0 Å². The quantitative estimate of drug-likeness (QED) is 0.736. The molecule has 2 nitrogen and oxygen atoms in total. The molecule has 0 radical (unpaired) electrons. The Balaban J connectivity index is 0.000000686. The molecule has 1 aliphatic rings. The highest BCUT2D eigenvalue weighted by Crippen LogP contribution is 2.38. The highest BCUT2D eigenvalue weighted by atomic mass is 31.0. The third-order valence-corrected chi connectivity index (χ3v) is 3.33. The Bertz CT molecular complexity index is 352. The van der Waals surface area contributed by atoms with Crippen molar-refractivity contribution in [3.8, 4) is 0 Å². The van der Waals surface area contributed by atoms with Crippen molar-refractivity contribution in [1.82, 2.24) is 9.78 Å². The summed E-state index contributed by atoms with van der Waals surface area (Å²) in [5, 5.41) is 3.87. The predicted octanol–water partition coefficient (Wildman–Crippen LogP) is 4.03. The molecule has 1 fully saturated rings. The smallest absolute Gasteiger partial charge is 0.272 e. The van der Waals surface area contributed by atoms with E-state index in [1.165, 1.54) is 22.1 Å². The van der Waals surface area contributed by atoms with E-state index in [-0.39, 0.29) is 5.69 Å². The average Bonchev–Trinajstić information content (AvgIpc) is 2.87. The van der Waals surface area contributed by atoms with Crippen molar-refractivity contribution in [1.29, 1.82) is 0 Å². The second-order valence-corrected chi connectivity index (χ2v) is 4.91. The van der Waals surface area contributed by atoms with Crippen LogP contribution >= 0.6 is 9.24 Å². The van der Waals surface area contributed by atoms with Gasteiger partial charge in [0.25, 0.3) is 0 Å². The topological polar surface area (TPSA) is 17.8 Å². The largest absolute Gasteiger partial charge is 0.302 e. The van der Waals surface area contributed by atoms with Gasteiger partial charge in [0.05, 0.1) is 0 Å². The molecule has 1 saturated carbocycles. The van der Waals surface area contributed by atoms with Gasteiger partial charge in [0, 0.05) is 18.7 Å². The minimum atomic E-state index is -2.91. The molecule has 98 valence electrons. The number of hydrogen-bond acceptors (Lipinski definition) is 1. The summed E-state index contributed by atoms with van der Waals surface area (Å²) in [6, 6.07) is 1.54. The summed E-state index contributed by atoms with van der Waals surface area (Å²) in [5.74, 6) is 0.420. The highest BCUT2D eigenvalue weighted by Gasteiger charge is 2.30. The first-order valence-electron chi connectivity index (χ1n) is 6.19. The molecule has 1 atom stereocenters. The van der Waals surface area contributed by atoms with Crippen LogP contribution in [0.1, 0.15) is 56.8 Å². The lowest BCUT2D eigenvalue weighted by Crippen LogP contribution is -2.05. The molecule has 0 aliphatic heterocycles. The zero-order valence-electron chi connectivity index (χ0n) is 10.7. The van der Waals surface area contributed by atoms with Crippen LogP contribution in [0, 0.1) is 0 Å². The Morgan fingerprint density at radius 1 is 1.35 bits per heavy atom. The number of aryl methyl sites for hydroxylation is 1. The van der Waals surface area contributed by atoms with Gasteiger partial charge in [-0.2, -0.15) is 13.9 Å². The van der Waals surface area contributed by atoms with Gasteiger partial charge in [-0.1, -0.05) is 35.9 Å². The number of alkyl halides is 2. The fourth-order valence-corrected chi connectivity index (χ4v) is 2.39. The summed E-state index contributed by atoms with van der Waals surface area (Å²) in [5.41, 5.74) is -2.10. The van der Waals surface area contributed by atoms with E-state index in [4.69, 9.17) is 0 Å². The minimum Gasteiger partial charge on any atom is -0.272 e. The van der Waals surface area contributed by atoms with E-state index in [9.17, 15) is 8.78 Å². The van der Waals surface area contributed by atoms with E-state index in [2.05, 4.69) is 5.10 Å². The van der Waals surface area contributed by atoms with Crippen molar-refractivity contribution in [2.24, 2.45) is 7.05 Å². The maximum Gasteiger partial charge on any atom is 0.302 e. The van der Waals surface area contributed by atoms with Crippen molar-refractivity contribution in [3.63, 3.8) is 0 Å². The zero-order valence-corrected chi connectivity index (χ0v) is 11.9. The molecule has 1 aromatic rings. The lowest BCUT2D eigenvalue weighted by atomic mass is 10.0. The highest BCUT2D eigenvalue weighted by molar-refractivity contribution is 7.17. The summed E-state index contributed by atoms with van der Waals surface area (Å²) in [6.45, 7) is 4.00. The fourth-order valence-electron chi connectivity index (χ4n) is 2.25. The first-order chi connectivity index (χ1) is 7.98. The molecule has 0 spiro atoms. The van der Waals surface area contributed by atoms with Crippen LogP contribution in [0.25, 0.3) is 0 Å². The Morgan fingerprint density at radius 3 is 2.29 bits per heavy atom. The lowest BCUT2D eigenvalue weighted by Gasteiger charge is -2.08. The Hall–Kier alpha value is -0.500. The molecule has 1 aliphatic carbocycles. The van der Waals surface area contributed by atoms with Gasteiger partial charge < -0.3 is 0 Å². The van der Waals surface area contributed by atoms with Crippen LogP contribution in [0.2, 0.25) is 0 Å². The second kappa shape index (κ2) is 5.90. The number of nitrogens with zero attached hydrogens (tertiary/aromatic N) is 2. The monoisotopic (exact) mass is 262 g/mol. The Morgan fingerprint density at radius 2 is 1.88 bits per heavy atom. The second-order valence-electron chi connectivity index (χ2n) is 4.18. The fraction of sp³-hybridized carbons (Fsp3) is 0.750. The maximum atomic E-state index is 13.0. The molecule has 0 saturated heterocycles. The summed E-state index contributed by atoms with van der Waals surface area (Å²) in [7, 11) is 3.28. The molecule has 0 N–H and O–H groups in total. The summed E-state index contributed by atoms with van der Waals surface area (Å²) < 4.78 is 27.6. The van der Waals surface area contributed by atoms with E-state index in [1.54, 1.807) is 17.8 Å². The van der Waals surface area contributed by atoms with Gasteiger partial charge >= 0.3 is 5.66 Å². The molecule has 0 amide bonds. The first kappa shape index (κ1) is 14.6. The summed E-state index contributed by atoms with van der Waals surface area (Å²) in [6.07, 6.45) is 4.59. The van der Waals surface area contributed by atoms with Crippen LogP contribution < -0.4 is 0 Å². The van der Waals surface area contributed by atoms with Gasteiger partial charge in [-0.25, -0.2) is 0 Å². The van der Waals surface area contributed by atoms with Crippen LogP contribution in [-0.2, 0) is 12.7 Å². The zero-order chi connectivity index (χ0) is 13.1. The number of halogens is 2. The number of aromatic nitrogens is 2. The van der Waals surface area contributed by atoms with Crippen molar-refractivity contribution in [3.05, 3.63) is 17.5 Å². The van der Waals surface area contributed by atoms with Gasteiger partial charge in [-0.3, -0.25) is 4.68 Å². The van der Waals surface area contributed by atoms with Crippen molar-refractivity contribution < 1.29 is 8.78 Å². The van der Waals surface area contributed by atoms with Crippen LogP contribution in [0.3, 0.4) is 0 Å². The minimum absolute atomic E-state index is 0.142. The van der Waals surface area contributed by atoms with E-state index in [1.807, 2.05) is 13.8 Å². The van der Waals surface area contributed by atoms with Crippen molar-refractivity contribution in [2.45, 2.75) is 51.1 Å². The summed E-state index contributed by atoms with van der Waals surface area (Å²) >= 11 is 0. The molecule has 17 heavy (non-hydrogen) atoms. The molecule has 1 aromatic heterocycles. The van der Waals surface area contributed by atoms with Crippen LogP contribution in [-0.4, -0.2) is 9.78 Å². The molecular formula is C12H21F2N2P. The van der Waals surface area contributed by atoms with Gasteiger partial charge in [0.15, 0.2) is 0 Å². The molecule has 0 aromatic carbocycles. The molecule has 0 bridgehead atoms. The van der Waals surface area contributed by atoms with E-state index in [0.29, 0.717) is 5.92 Å². The van der Waals surface area contributed by atoms with Crippen molar-refractivity contribution >= 4 is 9.24 Å². The predicted molar refractivity (Wildman–Crippen MR) is 69.4 cm³/mol. The number of hydrogen-bond donors (Lipinski definition) is 0. The van der Waals surface area contributed by atoms with Crippen LogP contribution in [0.15, 0.2) is 6.07 Å². The molecule has 1 heterocycles. The third-order valence-electron chi connectivity index (χ3n) is 3.03. The lowest BCUT2D eigenvalue weighted by molar-refractivity contribution is 0.0979. The maximum absolute atomic E-state index is 13.0. The van der Waals surface area contributed by atoms with Gasteiger partial charge in [-0.05, 0) is 18.9 Å². The van der Waals surface area contributed by atoms with Crippen LogP contribution in [0.4, 0.5) is 8.78 Å². The standard InChI is InChI=1S/C10H15F2N2P.C2H6/c1-14-8(7-4-2-3-5-7)6-9(13-14)10(11,12)15;1-2/h6-7H,2-5,15H2,1H3;1-2H3. The average molecular weight is 262 g/mol. The normalized spacial score (nSPS) is 16.8. The first-order valence-corrected chi connectivity index (χ1v) is 6.77. The Labute approximate surface area is 104 Å². The van der Waals surface area contributed by atoms with Gasteiger partial charge in [-0.15, -0.1) is 0 Å². The summed E-state index contributed by atoms with van der Waals surface area (Å²) in [4.78, 5) is 0.